The van der Waals surface area contributed by atoms with Gasteiger partial charge < -0.3 is 15.3 Å². The zero-order chi connectivity index (χ0) is 12.8. The molecule has 0 aromatic heterocycles. The molecule has 1 aliphatic carbocycles. The summed E-state index contributed by atoms with van der Waals surface area (Å²) in [4.78, 5) is 10.8. The Morgan fingerprint density at radius 1 is 1.47 bits per heavy atom. The average Bonchev–Trinajstić information content (AvgIpc) is 2.94. The number of phenolic OH excluding ortho intramolecular Hbond substituents is 2. The van der Waals surface area contributed by atoms with E-state index in [0.717, 1.165) is 0 Å². The van der Waals surface area contributed by atoms with E-state index in [1.54, 1.807) is 0 Å². The summed E-state index contributed by atoms with van der Waals surface area (Å²) < 4.78 is 14.2. The van der Waals surface area contributed by atoms with Crippen molar-refractivity contribution in [3.05, 3.63) is 21.9 Å². The number of aromatic hydroxyl groups is 2. The van der Waals surface area contributed by atoms with Gasteiger partial charge in [0.15, 0.2) is 17.3 Å². The summed E-state index contributed by atoms with van der Waals surface area (Å²) in [7, 11) is 0. The molecule has 0 saturated heterocycles. The minimum atomic E-state index is -1.01. The molecule has 4 nitrogen and oxygen atoms in total. The molecule has 0 bridgehead atoms. The topological polar surface area (TPSA) is 77.8 Å². The Morgan fingerprint density at radius 2 is 2.06 bits per heavy atom. The van der Waals surface area contributed by atoms with Crippen LogP contribution in [-0.2, 0) is 10.2 Å². The summed E-state index contributed by atoms with van der Waals surface area (Å²) in [5, 5.41) is 27.4. The molecular formula is C11H10BrFO4. The van der Waals surface area contributed by atoms with Crippen molar-refractivity contribution in [3.8, 4) is 11.5 Å². The third-order valence-corrected chi connectivity index (χ3v) is 3.67. The van der Waals surface area contributed by atoms with Crippen molar-refractivity contribution in [3.63, 3.8) is 0 Å². The van der Waals surface area contributed by atoms with E-state index in [-0.39, 0.29) is 16.5 Å². The van der Waals surface area contributed by atoms with E-state index in [1.807, 2.05) is 0 Å². The SMILES string of the molecule is O=C(O)CC1(c2c(Br)cc(O)c(O)c2F)CC1. The van der Waals surface area contributed by atoms with Crippen molar-refractivity contribution in [2.75, 3.05) is 0 Å². The van der Waals surface area contributed by atoms with Crippen LogP contribution in [0.4, 0.5) is 4.39 Å². The zero-order valence-electron chi connectivity index (χ0n) is 8.70. The molecule has 0 heterocycles. The van der Waals surface area contributed by atoms with E-state index >= 15 is 0 Å². The molecule has 0 spiro atoms. The lowest BCUT2D eigenvalue weighted by molar-refractivity contribution is -0.137. The number of hydrogen-bond acceptors (Lipinski definition) is 3. The Balaban J connectivity index is 2.53. The van der Waals surface area contributed by atoms with Gasteiger partial charge in [0.05, 0.1) is 6.42 Å². The Bertz CT molecular complexity index is 497. The van der Waals surface area contributed by atoms with Crippen molar-refractivity contribution in [1.29, 1.82) is 0 Å². The van der Waals surface area contributed by atoms with Crippen LogP contribution in [0.2, 0.25) is 0 Å². The Kier molecular flexibility index (Phi) is 2.77. The summed E-state index contributed by atoms with van der Waals surface area (Å²) in [5.74, 6) is -3.36. The molecule has 17 heavy (non-hydrogen) atoms. The molecule has 1 aromatic rings. The molecule has 3 N–H and O–H groups in total. The molecule has 6 heteroatoms. The lowest BCUT2D eigenvalue weighted by atomic mass is 9.91. The number of phenols is 2. The molecule has 0 aliphatic heterocycles. The van der Waals surface area contributed by atoms with E-state index in [1.165, 1.54) is 6.07 Å². The van der Waals surface area contributed by atoms with Crippen LogP contribution in [0, 0.1) is 5.82 Å². The first kappa shape index (κ1) is 12.2. The van der Waals surface area contributed by atoms with Gasteiger partial charge in [0, 0.05) is 15.5 Å². The van der Waals surface area contributed by atoms with Crippen LogP contribution in [0.25, 0.3) is 0 Å². The van der Waals surface area contributed by atoms with Crippen LogP contribution >= 0.6 is 15.9 Å². The highest BCUT2D eigenvalue weighted by molar-refractivity contribution is 9.10. The maximum absolute atomic E-state index is 13.9. The summed E-state index contributed by atoms with van der Waals surface area (Å²) in [5.41, 5.74) is -0.630. The number of halogens is 2. The number of carboxylic acids is 1. The Hall–Kier alpha value is -1.30. The number of aliphatic carboxylic acids is 1. The first-order valence-electron chi connectivity index (χ1n) is 4.99. The summed E-state index contributed by atoms with van der Waals surface area (Å²) in [6.45, 7) is 0. The predicted molar refractivity (Wildman–Crippen MR) is 60.6 cm³/mol. The third kappa shape index (κ3) is 1.97. The summed E-state index contributed by atoms with van der Waals surface area (Å²) >= 11 is 3.09. The first-order chi connectivity index (χ1) is 7.87. The second-order valence-electron chi connectivity index (χ2n) is 4.27. The summed E-state index contributed by atoms with van der Waals surface area (Å²) in [6.07, 6.45) is 0.921. The van der Waals surface area contributed by atoms with Gasteiger partial charge in [-0.05, 0) is 18.9 Å². The first-order valence-corrected chi connectivity index (χ1v) is 5.79. The highest BCUT2D eigenvalue weighted by atomic mass is 79.9. The number of hydrogen-bond donors (Lipinski definition) is 3. The number of carboxylic acid groups (broad SMARTS) is 1. The van der Waals surface area contributed by atoms with Gasteiger partial charge >= 0.3 is 5.97 Å². The van der Waals surface area contributed by atoms with Gasteiger partial charge in [0.1, 0.15) is 0 Å². The molecular weight excluding hydrogens is 295 g/mol. The minimum Gasteiger partial charge on any atom is -0.504 e. The highest BCUT2D eigenvalue weighted by Crippen LogP contribution is 2.55. The maximum atomic E-state index is 13.9. The standard InChI is InChI=1S/C11H10BrFO4/c12-5-3-6(14)10(17)9(13)8(5)11(1-2-11)4-7(15)16/h3,14,17H,1-2,4H2,(H,15,16). The van der Waals surface area contributed by atoms with E-state index in [4.69, 9.17) is 5.11 Å². The van der Waals surface area contributed by atoms with Gasteiger partial charge in [0.2, 0.25) is 0 Å². The molecule has 1 saturated carbocycles. The molecule has 1 fully saturated rings. The van der Waals surface area contributed by atoms with Crippen LogP contribution in [0.3, 0.4) is 0 Å². The summed E-state index contributed by atoms with van der Waals surface area (Å²) in [6, 6.07) is 1.18. The van der Waals surface area contributed by atoms with Crippen molar-refractivity contribution in [2.24, 2.45) is 0 Å². The second kappa shape index (κ2) is 3.87. The quantitative estimate of drug-likeness (QED) is 0.750. The monoisotopic (exact) mass is 304 g/mol. The Labute approximate surface area is 105 Å². The van der Waals surface area contributed by atoms with Gasteiger partial charge in [-0.2, -0.15) is 0 Å². The maximum Gasteiger partial charge on any atom is 0.304 e. The number of benzene rings is 1. The molecule has 0 amide bonds. The minimum absolute atomic E-state index is 0.134. The Morgan fingerprint density at radius 3 is 2.53 bits per heavy atom. The van der Waals surface area contributed by atoms with Crippen molar-refractivity contribution >= 4 is 21.9 Å². The molecule has 0 unspecified atom stereocenters. The average molecular weight is 305 g/mol. The predicted octanol–water partition coefficient (Wildman–Crippen LogP) is 2.51. The third-order valence-electron chi connectivity index (χ3n) is 3.05. The largest absolute Gasteiger partial charge is 0.504 e. The van der Waals surface area contributed by atoms with Gasteiger partial charge in [0.25, 0.3) is 0 Å². The number of rotatable bonds is 3. The number of carbonyl (C=O) groups is 1. The van der Waals surface area contributed by atoms with Crippen LogP contribution in [0.1, 0.15) is 24.8 Å². The lowest BCUT2D eigenvalue weighted by Crippen LogP contribution is -2.15. The van der Waals surface area contributed by atoms with E-state index in [9.17, 15) is 19.4 Å². The fourth-order valence-corrected chi connectivity index (χ4v) is 2.85. The normalized spacial score (nSPS) is 16.8. The van der Waals surface area contributed by atoms with Crippen molar-refractivity contribution in [2.45, 2.75) is 24.7 Å². The molecule has 92 valence electrons. The second-order valence-corrected chi connectivity index (χ2v) is 5.12. The van der Waals surface area contributed by atoms with Crippen molar-refractivity contribution < 1.29 is 24.5 Å². The van der Waals surface area contributed by atoms with Gasteiger partial charge in [-0.3, -0.25) is 4.79 Å². The highest BCUT2D eigenvalue weighted by Gasteiger charge is 2.49. The molecule has 1 aliphatic rings. The van der Waals surface area contributed by atoms with Gasteiger partial charge in [-0.25, -0.2) is 4.39 Å². The van der Waals surface area contributed by atoms with Gasteiger partial charge in [-0.1, -0.05) is 15.9 Å². The lowest BCUT2D eigenvalue weighted by Gasteiger charge is -2.17. The van der Waals surface area contributed by atoms with E-state index < -0.39 is 28.7 Å². The molecule has 0 atom stereocenters. The van der Waals surface area contributed by atoms with Crippen LogP contribution in [0.5, 0.6) is 11.5 Å². The van der Waals surface area contributed by atoms with Gasteiger partial charge in [-0.15, -0.1) is 0 Å². The van der Waals surface area contributed by atoms with Crippen molar-refractivity contribution in [1.82, 2.24) is 0 Å². The fourth-order valence-electron chi connectivity index (χ4n) is 2.04. The molecule has 2 rings (SSSR count). The molecule has 1 aromatic carbocycles. The zero-order valence-corrected chi connectivity index (χ0v) is 10.3. The van der Waals surface area contributed by atoms with Crippen LogP contribution in [-0.4, -0.2) is 21.3 Å². The smallest absolute Gasteiger partial charge is 0.304 e. The molecule has 0 radical (unpaired) electrons. The van der Waals surface area contributed by atoms with E-state index in [0.29, 0.717) is 12.8 Å². The van der Waals surface area contributed by atoms with E-state index in [2.05, 4.69) is 15.9 Å². The van der Waals surface area contributed by atoms with Crippen LogP contribution < -0.4 is 0 Å². The fraction of sp³-hybridized carbons (Fsp3) is 0.364. The van der Waals surface area contributed by atoms with Crippen LogP contribution in [0.15, 0.2) is 10.5 Å².